The van der Waals surface area contributed by atoms with Crippen molar-refractivity contribution in [2.75, 3.05) is 18.0 Å². The molecule has 0 saturated heterocycles. The summed E-state index contributed by atoms with van der Waals surface area (Å²) in [6, 6.07) is 7.53. The van der Waals surface area contributed by atoms with Crippen molar-refractivity contribution in [3.8, 4) is 0 Å². The van der Waals surface area contributed by atoms with Crippen LogP contribution in [-0.2, 0) is 11.3 Å². The SMILES string of the molecule is C=C(C)Cn1ccc2cc(N(CC)CCC(=O)O)ccc2c1=O. The van der Waals surface area contributed by atoms with Gasteiger partial charge in [0.05, 0.1) is 6.42 Å². The number of pyridine rings is 1. The summed E-state index contributed by atoms with van der Waals surface area (Å²) in [4.78, 5) is 25.2. The number of rotatable bonds is 7. The minimum atomic E-state index is -0.813. The van der Waals surface area contributed by atoms with Gasteiger partial charge in [-0.3, -0.25) is 9.59 Å². The molecule has 1 aromatic heterocycles. The highest BCUT2D eigenvalue weighted by atomic mass is 16.4. The van der Waals surface area contributed by atoms with E-state index in [2.05, 4.69) is 6.58 Å². The molecule has 0 aliphatic carbocycles. The van der Waals surface area contributed by atoms with Gasteiger partial charge in [-0.25, -0.2) is 0 Å². The highest BCUT2D eigenvalue weighted by Gasteiger charge is 2.09. The van der Waals surface area contributed by atoms with Gasteiger partial charge in [0, 0.05) is 36.9 Å². The number of carboxylic acid groups (broad SMARTS) is 1. The van der Waals surface area contributed by atoms with Crippen molar-refractivity contribution < 1.29 is 9.90 Å². The van der Waals surface area contributed by atoms with Gasteiger partial charge in [0.15, 0.2) is 0 Å². The van der Waals surface area contributed by atoms with Crippen LogP contribution in [0.3, 0.4) is 0 Å². The zero-order valence-electron chi connectivity index (χ0n) is 13.6. The summed E-state index contributed by atoms with van der Waals surface area (Å²) >= 11 is 0. The Kier molecular flexibility index (Phi) is 5.21. The summed E-state index contributed by atoms with van der Waals surface area (Å²) in [6.45, 7) is 9.39. The molecule has 0 spiro atoms. The quantitative estimate of drug-likeness (QED) is 0.798. The first-order valence-electron chi connectivity index (χ1n) is 7.66. The van der Waals surface area contributed by atoms with Crippen LogP contribution in [0.1, 0.15) is 20.3 Å². The third kappa shape index (κ3) is 4.00. The number of hydrogen-bond donors (Lipinski definition) is 1. The molecule has 0 aliphatic rings. The van der Waals surface area contributed by atoms with Crippen molar-refractivity contribution in [3.63, 3.8) is 0 Å². The van der Waals surface area contributed by atoms with Crippen molar-refractivity contribution in [1.29, 1.82) is 0 Å². The van der Waals surface area contributed by atoms with Crippen molar-refractivity contribution in [2.24, 2.45) is 0 Å². The Balaban J connectivity index is 2.37. The normalized spacial score (nSPS) is 10.7. The third-order valence-corrected chi connectivity index (χ3v) is 3.74. The molecule has 0 bridgehead atoms. The first kappa shape index (κ1) is 16.8. The van der Waals surface area contributed by atoms with E-state index in [1.807, 2.05) is 43.0 Å². The van der Waals surface area contributed by atoms with Crippen LogP contribution in [0.15, 0.2) is 47.4 Å². The molecule has 0 fully saturated rings. The molecule has 1 heterocycles. The van der Waals surface area contributed by atoms with Gasteiger partial charge < -0.3 is 14.6 Å². The highest BCUT2D eigenvalue weighted by molar-refractivity contribution is 5.85. The van der Waals surface area contributed by atoms with E-state index in [0.717, 1.165) is 16.6 Å². The molecule has 0 saturated carbocycles. The van der Waals surface area contributed by atoms with Gasteiger partial charge >= 0.3 is 5.97 Å². The first-order valence-corrected chi connectivity index (χ1v) is 7.66. The number of hydrogen-bond acceptors (Lipinski definition) is 3. The summed E-state index contributed by atoms with van der Waals surface area (Å²) < 4.78 is 1.65. The van der Waals surface area contributed by atoms with Crippen LogP contribution in [0.2, 0.25) is 0 Å². The number of carbonyl (C=O) groups is 1. The highest BCUT2D eigenvalue weighted by Crippen LogP contribution is 2.20. The zero-order chi connectivity index (χ0) is 17.0. The van der Waals surface area contributed by atoms with Crippen molar-refractivity contribution >= 4 is 22.4 Å². The Morgan fingerprint density at radius 1 is 1.35 bits per heavy atom. The van der Waals surface area contributed by atoms with Crippen LogP contribution in [-0.4, -0.2) is 28.7 Å². The van der Waals surface area contributed by atoms with E-state index in [1.165, 1.54) is 0 Å². The molecule has 122 valence electrons. The Morgan fingerprint density at radius 3 is 2.70 bits per heavy atom. The van der Waals surface area contributed by atoms with E-state index in [-0.39, 0.29) is 12.0 Å². The number of benzene rings is 1. The Hall–Kier alpha value is -2.56. The van der Waals surface area contributed by atoms with Crippen LogP contribution < -0.4 is 10.5 Å². The summed E-state index contributed by atoms with van der Waals surface area (Å²) in [5.74, 6) is -0.813. The monoisotopic (exact) mass is 314 g/mol. The summed E-state index contributed by atoms with van der Waals surface area (Å²) in [5.41, 5.74) is 1.82. The second-order valence-electron chi connectivity index (χ2n) is 5.70. The molecule has 5 heteroatoms. The first-order chi connectivity index (χ1) is 10.9. The predicted molar refractivity (Wildman–Crippen MR) is 93.2 cm³/mol. The number of fused-ring (bicyclic) bond motifs is 1. The molecule has 0 radical (unpaired) electrons. The van der Waals surface area contributed by atoms with E-state index < -0.39 is 5.97 Å². The number of carboxylic acids is 1. The lowest BCUT2D eigenvalue weighted by molar-refractivity contribution is -0.136. The molecule has 5 nitrogen and oxygen atoms in total. The maximum Gasteiger partial charge on any atom is 0.305 e. The van der Waals surface area contributed by atoms with Crippen LogP contribution >= 0.6 is 0 Å². The van der Waals surface area contributed by atoms with Crippen LogP contribution in [0.4, 0.5) is 5.69 Å². The van der Waals surface area contributed by atoms with Gasteiger partial charge in [0.25, 0.3) is 5.56 Å². The fourth-order valence-corrected chi connectivity index (χ4v) is 2.59. The molecule has 0 aliphatic heterocycles. The molecule has 0 atom stereocenters. The topological polar surface area (TPSA) is 62.5 Å². The van der Waals surface area contributed by atoms with Crippen LogP contribution in [0, 0.1) is 0 Å². The molecule has 2 aromatic rings. The smallest absolute Gasteiger partial charge is 0.305 e. The Morgan fingerprint density at radius 2 is 2.09 bits per heavy atom. The largest absolute Gasteiger partial charge is 0.481 e. The van der Waals surface area contributed by atoms with Crippen molar-refractivity contribution in [1.82, 2.24) is 4.57 Å². The Labute approximate surface area is 135 Å². The second-order valence-corrected chi connectivity index (χ2v) is 5.70. The summed E-state index contributed by atoms with van der Waals surface area (Å²) in [6.07, 6.45) is 1.86. The summed E-state index contributed by atoms with van der Waals surface area (Å²) in [5, 5.41) is 10.4. The predicted octanol–water partition coefficient (Wildman–Crippen LogP) is 2.88. The zero-order valence-corrected chi connectivity index (χ0v) is 13.6. The number of anilines is 1. The number of nitrogens with zero attached hydrogens (tertiary/aromatic N) is 2. The van der Waals surface area contributed by atoms with Gasteiger partial charge in [-0.15, -0.1) is 0 Å². The van der Waals surface area contributed by atoms with Crippen LogP contribution in [0.5, 0.6) is 0 Å². The van der Waals surface area contributed by atoms with Crippen molar-refractivity contribution in [3.05, 3.63) is 53.0 Å². The van der Waals surface area contributed by atoms with Gasteiger partial charge in [0.2, 0.25) is 0 Å². The average Bonchev–Trinajstić information content (AvgIpc) is 2.50. The fourth-order valence-electron chi connectivity index (χ4n) is 2.59. The second kappa shape index (κ2) is 7.13. The molecular formula is C18H22N2O3. The summed E-state index contributed by atoms with van der Waals surface area (Å²) in [7, 11) is 0. The minimum Gasteiger partial charge on any atom is -0.481 e. The molecule has 0 amide bonds. The van der Waals surface area contributed by atoms with Crippen LogP contribution in [0.25, 0.3) is 10.8 Å². The van der Waals surface area contributed by atoms with E-state index in [0.29, 0.717) is 25.0 Å². The van der Waals surface area contributed by atoms with Crippen molar-refractivity contribution in [2.45, 2.75) is 26.8 Å². The maximum atomic E-state index is 12.5. The molecular weight excluding hydrogens is 292 g/mol. The lowest BCUT2D eigenvalue weighted by Gasteiger charge is -2.22. The lowest BCUT2D eigenvalue weighted by atomic mass is 10.1. The maximum absolute atomic E-state index is 12.5. The average molecular weight is 314 g/mol. The molecule has 1 aromatic carbocycles. The van der Waals surface area contributed by atoms with Gasteiger partial charge in [-0.2, -0.15) is 0 Å². The fraction of sp³-hybridized carbons (Fsp3) is 0.333. The van der Waals surface area contributed by atoms with Gasteiger partial charge in [-0.1, -0.05) is 12.2 Å². The van der Waals surface area contributed by atoms with Gasteiger partial charge in [-0.05, 0) is 43.5 Å². The van der Waals surface area contributed by atoms with E-state index >= 15 is 0 Å². The molecule has 23 heavy (non-hydrogen) atoms. The molecule has 2 rings (SSSR count). The van der Waals surface area contributed by atoms with E-state index in [1.54, 1.807) is 10.8 Å². The number of aromatic nitrogens is 1. The third-order valence-electron chi connectivity index (χ3n) is 3.74. The molecule has 1 N–H and O–H groups in total. The lowest BCUT2D eigenvalue weighted by Crippen LogP contribution is -2.26. The van der Waals surface area contributed by atoms with E-state index in [9.17, 15) is 9.59 Å². The minimum absolute atomic E-state index is 0.0364. The van der Waals surface area contributed by atoms with E-state index in [4.69, 9.17) is 5.11 Å². The number of aliphatic carboxylic acids is 1. The standard InChI is InChI=1S/C18H22N2O3/c1-4-19(10-8-17(21)22)15-5-6-16-14(11-15)7-9-20(18(16)23)12-13(2)3/h5-7,9,11H,2,4,8,10,12H2,1,3H3,(H,21,22). The van der Waals surface area contributed by atoms with Gasteiger partial charge in [0.1, 0.15) is 0 Å². The molecule has 0 unspecified atom stereocenters. The Bertz CT molecular complexity index is 792. The number of allylic oxidation sites excluding steroid dienone is 1.